The van der Waals surface area contributed by atoms with E-state index in [4.69, 9.17) is 23.2 Å². The van der Waals surface area contributed by atoms with E-state index in [1.165, 1.54) is 12.1 Å². The van der Waals surface area contributed by atoms with Crippen LogP contribution in [0.1, 0.15) is 22.8 Å². The van der Waals surface area contributed by atoms with E-state index in [0.717, 1.165) is 0 Å². The minimum absolute atomic E-state index is 0.00694. The first-order valence-electron chi connectivity index (χ1n) is 4.61. The summed E-state index contributed by atoms with van der Waals surface area (Å²) in [5, 5.41) is -0.965. The van der Waals surface area contributed by atoms with Gasteiger partial charge in [0, 0.05) is 5.02 Å². The highest BCUT2D eigenvalue weighted by Gasteiger charge is 2.38. The van der Waals surface area contributed by atoms with Crippen LogP contribution in [-0.2, 0) is 16.3 Å². The summed E-state index contributed by atoms with van der Waals surface area (Å²) >= 11 is 11.3. The van der Waals surface area contributed by atoms with Crippen molar-refractivity contribution in [2.24, 2.45) is 0 Å². The number of hydrogen-bond acceptors (Lipinski definition) is 3. The predicted molar refractivity (Wildman–Crippen MR) is 62.0 cm³/mol. The van der Waals surface area contributed by atoms with E-state index in [2.05, 4.69) is 0 Å². The first kappa shape index (κ1) is 11.9. The Kier molecular flexibility index (Phi) is 2.77. The van der Waals surface area contributed by atoms with Gasteiger partial charge in [-0.05, 0) is 42.6 Å². The summed E-state index contributed by atoms with van der Waals surface area (Å²) < 4.78 is 24.0. The molecular weight excluding hydrogens is 271 g/mol. The molecule has 6 heteroatoms. The topological polar surface area (TPSA) is 51.2 Å². The summed E-state index contributed by atoms with van der Waals surface area (Å²) in [7, 11) is -3.47. The van der Waals surface area contributed by atoms with Crippen LogP contribution in [0.15, 0.2) is 17.0 Å². The zero-order chi connectivity index (χ0) is 12.1. The molecule has 0 spiro atoms. The van der Waals surface area contributed by atoms with E-state index in [1.807, 2.05) is 0 Å². The molecule has 0 amide bonds. The summed E-state index contributed by atoms with van der Waals surface area (Å²) in [4.78, 5) is 11.2. The largest absolute Gasteiger partial charge is 0.276 e. The number of fused-ring (bicyclic) bond motifs is 1. The van der Waals surface area contributed by atoms with E-state index in [-0.39, 0.29) is 10.5 Å². The minimum atomic E-state index is -3.47. The van der Waals surface area contributed by atoms with Gasteiger partial charge >= 0.3 is 0 Å². The van der Waals surface area contributed by atoms with E-state index in [9.17, 15) is 13.2 Å². The van der Waals surface area contributed by atoms with E-state index in [1.54, 1.807) is 6.92 Å². The van der Waals surface area contributed by atoms with Crippen molar-refractivity contribution in [2.75, 3.05) is 0 Å². The van der Waals surface area contributed by atoms with Gasteiger partial charge < -0.3 is 0 Å². The van der Waals surface area contributed by atoms with Crippen molar-refractivity contribution in [2.45, 2.75) is 23.5 Å². The van der Waals surface area contributed by atoms with Gasteiger partial charge in [-0.1, -0.05) is 11.6 Å². The summed E-state index contributed by atoms with van der Waals surface area (Å²) in [6.07, 6.45) is 0.328. The molecule has 1 aliphatic rings. The molecule has 3 nitrogen and oxygen atoms in total. The Hall–Kier alpha value is -0.580. The highest BCUT2D eigenvalue weighted by atomic mass is 35.5. The van der Waals surface area contributed by atoms with Gasteiger partial charge in [0.2, 0.25) is 0 Å². The Balaban J connectivity index is 2.85. The van der Waals surface area contributed by atoms with Crippen LogP contribution in [0.4, 0.5) is 0 Å². The van der Waals surface area contributed by atoms with Crippen LogP contribution in [0.3, 0.4) is 0 Å². The summed E-state index contributed by atoms with van der Waals surface area (Å²) in [6, 6.07) is 2.86. The van der Waals surface area contributed by atoms with Crippen LogP contribution in [-0.4, -0.2) is 18.9 Å². The third-order valence-electron chi connectivity index (χ3n) is 2.72. The van der Waals surface area contributed by atoms with Gasteiger partial charge in [0.05, 0.1) is 15.7 Å². The monoisotopic (exact) mass is 278 g/mol. The number of carbonyl (C=O) groups is 1. The number of rotatable bonds is 1. The molecule has 1 aliphatic heterocycles. The summed E-state index contributed by atoms with van der Waals surface area (Å²) in [5.74, 6) is 0. The van der Waals surface area contributed by atoms with Gasteiger partial charge in [0.25, 0.3) is 5.24 Å². The predicted octanol–water partition coefficient (Wildman–Crippen LogP) is 2.44. The molecular formula is C10H8Cl2O3S. The number of halogens is 2. The Bertz CT molecular complexity index is 578. The normalized spacial score (nSPS) is 21.8. The maximum Gasteiger partial charge on any atom is 0.253 e. The highest BCUT2D eigenvalue weighted by molar-refractivity contribution is 7.92. The van der Waals surface area contributed by atoms with E-state index in [0.29, 0.717) is 17.0 Å². The standard InChI is InChI=1S/C10H8Cl2O3S/c1-5-4-7-8(11)3-2-6(10(12)13)9(7)16(5,14)15/h2-3,5H,4H2,1H3. The smallest absolute Gasteiger partial charge is 0.253 e. The molecule has 0 saturated heterocycles. The van der Waals surface area contributed by atoms with Gasteiger partial charge in [-0.25, -0.2) is 8.42 Å². The van der Waals surface area contributed by atoms with Crippen LogP contribution in [0.2, 0.25) is 5.02 Å². The maximum absolute atomic E-state index is 12.0. The molecule has 86 valence electrons. The third-order valence-corrected chi connectivity index (χ3v) is 5.54. The summed E-state index contributed by atoms with van der Waals surface area (Å²) in [6.45, 7) is 1.59. The number of carbonyl (C=O) groups excluding carboxylic acids is 1. The lowest BCUT2D eigenvalue weighted by atomic mass is 10.1. The lowest BCUT2D eigenvalue weighted by Crippen LogP contribution is -2.13. The number of sulfone groups is 1. The Morgan fingerprint density at radius 1 is 1.44 bits per heavy atom. The first-order valence-corrected chi connectivity index (χ1v) is 6.91. The van der Waals surface area contributed by atoms with Crippen LogP contribution in [0.25, 0.3) is 0 Å². The van der Waals surface area contributed by atoms with E-state index >= 15 is 0 Å². The van der Waals surface area contributed by atoms with Crippen LogP contribution < -0.4 is 0 Å². The van der Waals surface area contributed by atoms with Crippen molar-refractivity contribution in [1.82, 2.24) is 0 Å². The molecule has 1 aromatic rings. The fourth-order valence-corrected chi connectivity index (χ4v) is 4.17. The molecule has 1 atom stereocenters. The fourth-order valence-electron chi connectivity index (χ4n) is 1.87. The average Bonchev–Trinajstić information content (AvgIpc) is 2.41. The maximum atomic E-state index is 12.0. The lowest BCUT2D eigenvalue weighted by molar-refractivity contribution is 0.107. The molecule has 0 aromatic heterocycles. The second kappa shape index (κ2) is 3.72. The van der Waals surface area contributed by atoms with Gasteiger partial charge in [0.15, 0.2) is 9.84 Å². The molecule has 0 bridgehead atoms. The van der Waals surface area contributed by atoms with Gasteiger partial charge in [-0.15, -0.1) is 0 Å². The zero-order valence-electron chi connectivity index (χ0n) is 8.33. The SMILES string of the molecule is CC1Cc2c(Cl)ccc(C(=O)Cl)c2S1(=O)=O. The van der Waals surface area contributed by atoms with Crippen molar-refractivity contribution in [3.05, 3.63) is 28.3 Å². The second-order valence-corrected chi connectivity index (χ2v) is 6.79. The van der Waals surface area contributed by atoms with Crippen LogP contribution >= 0.6 is 23.2 Å². The number of benzene rings is 1. The van der Waals surface area contributed by atoms with Crippen LogP contribution in [0.5, 0.6) is 0 Å². The van der Waals surface area contributed by atoms with Crippen molar-refractivity contribution in [1.29, 1.82) is 0 Å². The van der Waals surface area contributed by atoms with Gasteiger partial charge in [-0.3, -0.25) is 4.79 Å². The Morgan fingerprint density at radius 2 is 2.06 bits per heavy atom. The van der Waals surface area contributed by atoms with Crippen molar-refractivity contribution in [3.63, 3.8) is 0 Å². The highest BCUT2D eigenvalue weighted by Crippen LogP contribution is 2.38. The quantitative estimate of drug-likeness (QED) is 0.742. The Morgan fingerprint density at radius 3 is 2.62 bits per heavy atom. The van der Waals surface area contributed by atoms with Crippen molar-refractivity contribution >= 4 is 38.3 Å². The molecule has 0 N–H and O–H groups in total. The molecule has 0 aliphatic carbocycles. The fraction of sp³-hybridized carbons (Fsp3) is 0.300. The van der Waals surface area contributed by atoms with Gasteiger partial charge in [0.1, 0.15) is 0 Å². The first-order chi connectivity index (χ1) is 7.35. The van der Waals surface area contributed by atoms with Crippen LogP contribution in [0, 0.1) is 0 Å². The molecule has 0 saturated carbocycles. The third kappa shape index (κ3) is 1.56. The zero-order valence-corrected chi connectivity index (χ0v) is 10.7. The molecule has 1 heterocycles. The lowest BCUT2D eigenvalue weighted by Gasteiger charge is -2.05. The van der Waals surface area contributed by atoms with Crippen molar-refractivity contribution < 1.29 is 13.2 Å². The molecule has 2 rings (SSSR count). The molecule has 1 aromatic carbocycles. The van der Waals surface area contributed by atoms with Crippen molar-refractivity contribution in [3.8, 4) is 0 Å². The average molecular weight is 279 g/mol. The minimum Gasteiger partial charge on any atom is -0.276 e. The summed E-state index contributed by atoms with van der Waals surface area (Å²) in [5.41, 5.74) is 0.520. The van der Waals surface area contributed by atoms with Gasteiger partial charge in [-0.2, -0.15) is 0 Å². The molecule has 1 unspecified atom stereocenters. The Labute approximate surface area is 103 Å². The molecule has 0 fully saturated rings. The number of hydrogen-bond donors (Lipinski definition) is 0. The molecule has 16 heavy (non-hydrogen) atoms. The van der Waals surface area contributed by atoms with E-state index < -0.39 is 20.3 Å². The molecule has 0 radical (unpaired) electrons. The second-order valence-electron chi connectivity index (χ2n) is 3.74.